The van der Waals surface area contributed by atoms with Gasteiger partial charge in [0.25, 0.3) is 0 Å². The largest absolute Gasteiger partial charge is 0.493 e. The first-order chi connectivity index (χ1) is 8.72. The van der Waals surface area contributed by atoms with Crippen molar-refractivity contribution in [1.82, 2.24) is 0 Å². The smallest absolute Gasteiger partial charge is 0.161 e. The molecule has 1 rings (SSSR count). The molecule has 0 amide bonds. The van der Waals surface area contributed by atoms with E-state index >= 15 is 0 Å². The van der Waals surface area contributed by atoms with E-state index in [2.05, 4.69) is 15.9 Å². The van der Waals surface area contributed by atoms with Crippen LogP contribution in [-0.2, 0) is 6.42 Å². The number of rotatable bonds is 8. The molecule has 0 heterocycles. The van der Waals surface area contributed by atoms with E-state index in [-0.39, 0.29) is 0 Å². The summed E-state index contributed by atoms with van der Waals surface area (Å²) in [5.74, 6) is 1.55. The van der Waals surface area contributed by atoms with Crippen molar-refractivity contribution in [3.05, 3.63) is 22.2 Å². The highest BCUT2D eigenvalue weighted by molar-refractivity contribution is 9.10. The molecule has 0 bridgehead atoms. The molecule has 1 aromatic rings. The molecule has 0 saturated heterocycles. The molecule has 0 unspecified atom stereocenters. The topological polar surface area (TPSA) is 44.5 Å². The molecule has 3 nitrogen and oxygen atoms in total. The maximum atomic E-state index is 5.48. The Kier molecular flexibility index (Phi) is 7.13. The lowest BCUT2D eigenvalue weighted by atomic mass is 10.1. The molecule has 0 aromatic heterocycles. The molecule has 0 aliphatic heterocycles. The summed E-state index contributed by atoms with van der Waals surface area (Å²) in [4.78, 5) is 0. The molecule has 2 N–H and O–H groups in total. The van der Waals surface area contributed by atoms with Crippen molar-refractivity contribution >= 4 is 15.9 Å². The van der Waals surface area contributed by atoms with Gasteiger partial charge in [-0.05, 0) is 43.5 Å². The zero-order valence-electron chi connectivity index (χ0n) is 11.2. The van der Waals surface area contributed by atoms with Crippen LogP contribution in [0.3, 0.4) is 0 Å². The highest BCUT2D eigenvalue weighted by atomic mass is 79.9. The zero-order chi connectivity index (χ0) is 13.4. The third kappa shape index (κ3) is 4.50. The lowest BCUT2D eigenvalue weighted by molar-refractivity contribution is 0.354. The molecule has 0 aliphatic rings. The predicted molar refractivity (Wildman–Crippen MR) is 78.5 cm³/mol. The number of ether oxygens (including phenoxy) is 2. The van der Waals surface area contributed by atoms with Gasteiger partial charge in [-0.25, -0.2) is 0 Å². The van der Waals surface area contributed by atoms with E-state index < -0.39 is 0 Å². The Morgan fingerprint density at radius 3 is 2.22 bits per heavy atom. The molecule has 1 aromatic carbocycles. The van der Waals surface area contributed by atoms with Crippen LogP contribution in [0.4, 0.5) is 0 Å². The molecule has 0 fully saturated rings. The Morgan fingerprint density at radius 2 is 1.61 bits per heavy atom. The first-order valence-electron chi connectivity index (χ1n) is 6.33. The van der Waals surface area contributed by atoms with Gasteiger partial charge >= 0.3 is 0 Å². The van der Waals surface area contributed by atoms with Crippen LogP contribution in [0.25, 0.3) is 0 Å². The SMILES string of the molecule is COc1cc(Br)c(CCCCCCN)cc1OC. The molecular weight excluding hydrogens is 294 g/mol. The van der Waals surface area contributed by atoms with Gasteiger partial charge < -0.3 is 15.2 Å². The van der Waals surface area contributed by atoms with Gasteiger partial charge in [0.05, 0.1) is 14.2 Å². The van der Waals surface area contributed by atoms with Crippen molar-refractivity contribution in [3.8, 4) is 11.5 Å². The van der Waals surface area contributed by atoms with Gasteiger partial charge in [0.2, 0.25) is 0 Å². The van der Waals surface area contributed by atoms with Crippen molar-refractivity contribution in [3.63, 3.8) is 0 Å². The second kappa shape index (κ2) is 8.38. The highest BCUT2D eigenvalue weighted by Gasteiger charge is 2.09. The third-order valence-electron chi connectivity index (χ3n) is 2.95. The molecule has 18 heavy (non-hydrogen) atoms. The minimum absolute atomic E-state index is 0.760. The lowest BCUT2D eigenvalue weighted by Crippen LogP contribution is -1.98. The number of benzene rings is 1. The van der Waals surface area contributed by atoms with Crippen LogP contribution in [0.5, 0.6) is 11.5 Å². The van der Waals surface area contributed by atoms with E-state index in [4.69, 9.17) is 15.2 Å². The van der Waals surface area contributed by atoms with Crippen molar-refractivity contribution in [2.24, 2.45) is 5.73 Å². The number of methoxy groups -OCH3 is 2. The van der Waals surface area contributed by atoms with Crippen LogP contribution in [0.15, 0.2) is 16.6 Å². The van der Waals surface area contributed by atoms with E-state index in [0.717, 1.165) is 35.4 Å². The van der Waals surface area contributed by atoms with Gasteiger partial charge in [0, 0.05) is 4.47 Å². The van der Waals surface area contributed by atoms with Crippen molar-refractivity contribution < 1.29 is 9.47 Å². The fourth-order valence-corrected chi connectivity index (χ4v) is 2.42. The Bertz CT molecular complexity index is 369. The molecule has 102 valence electrons. The number of unbranched alkanes of at least 4 members (excludes halogenated alkanes) is 3. The highest BCUT2D eigenvalue weighted by Crippen LogP contribution is 2.33. The summed E-state index contributed by atoms with van der Waals surface area (Å²) in [5, 5.41) is 0. The second-order valence-corrected chi connectivity index (χ2v) is 5.11. The van der Waals surface area contributed by atoms with Gasteiger partial charge in [-0.1, -0.05) is 28.8 Å². The van der Waals surface area contributed by atoms with Crippen molar-refractivity contribution in [2.45, 2.75) is 32.1 Å². The van der Waals surface area contributed by atoms with E-state index in [0.29, 0.717) is 0 Å². The number of hydrogen-bond acceptors (Lipinski definition) is 3. The number of aryl methyl sites for hydroxylation is 1. The van der Waals surface area contributed by atoms with Crippen molar-refractivity contribution in [2.75, 3.05) is 20.8 Å². The number of hydrogen-bond donors (Lipinski definition) is 1. The Labute approximate surface area is 118 Å². The summed E-state index contributed by atoms with van der Waals surface area (Å²) < 4.78 is 11.7. The summed E-state index contributed by atoms with van der Waals surface area (Å²) in [7, 11) is 3.31. The van der Waals surface area contributed by atoms with Crippen LogP contribution in [-0.4, -0.2) is 20.8 Å². The fourth-order valence-electron chi connectivity index (χ4n) is 1.90. The van der Waals surface area contributed by atoms with Gasteiger partial charge in [-0.15, -0.1) is 0 Å². The quantitative estimate of drug-likeness (QED) is 0.746. The average Bonchev–Trinajstić information content (AvgIpc) is 2.39. The summed E-state index contributed by atoms with van der Waals surface area (Å²) >= 11 is 3.58. The molecule has 0 spiro atoms. The van der Waals surface area contributed by atoms with E-state index in [1.165, 1.54) is 24.8 Å². The van der Waals surface area contributed by atoms with Crippen LogP contribution in [0, 0.1) is 0 Å². The van der Waals surface area contributed by atoms with Gasteiger partial charge in [-0.3, -0.25) is 0 Å². The maximum absolute atomic E-state index is 5.48. The first-order valence-corrected chi connectivity index (χ1v) is 7.12. The summed E-state index contributed by atoms with van der Waals surface area (Å²) in [6.07, 6.45) is 5.77. The minimum Gasteiger partial charge on any atom is -0.493 e. The van der Waals surface area contributed by atoms with Crippen LogP contribution >= 0.6 is 15.9 Å². The zero-order valence-corrected chi connectivity index (χ0v) is 12.8. The Balaban J connectivity index is 2.59. The van der Waals surface area contributed by atoms with Crippen LogP contribution in [0.2, 0.25) is 0 Å². The van der Waals surface area contributed by atoms with Crippen molar-refractivity contribution in [1.29, 1.82) is 0 Å². The van der Waals surface area contributed by atoms with Crippen LogP contribution in [0.1, 0.15) is 31.2 Å². The van der Waals surface area contributed by atoms with Gasteiger partial charge in [0.1, 0.15) is 0 Å². The summed E-state index contributed by atoms with van der Waals surface area (Å²) in [6, 6.07) is 4.01. The standard InChI is InChI=1S/C14H22BrNO2/c1-17-13-9-11(7-5-3-4-6-8-16)12(15)10-14(13)18-2/h9-10H,3-8,16H2,1-2H3. The molecular formula is C14H22BrNO2. The van der Waals surface area contributed by atoms with E-state index in [9.17, 15) is 0 Å². The first kappa shape index (κ1) is 15.3. The molecule has 0 radical (unpaired) electrons. The second-order valence-electron chi connectivity index (χ2n) is 4.25. The summed E-state index contributed by atoms with van der Waals surface area (Å²) in [5.41, 5.74) is 6.74. The van der Waals surface area contributed by atoms with E-state index in [1.807, 2.05) is 12.1 Å². The van der Waals surface area contributed by atoms with Gasteiger partial charge in [0.15, 0.2) is 11.5 Å². The number of nitrogens with two attached hydrogens (primary N) is 1. The maximum Gasteiger partial charge on any atom is 0.161 e. The van der Waals surface area contributed by atoms with Gasteiger partial charge in [-0.2, -0.15) is 0 Å². The number of halogens is 1. The molecule has 0 atom stereocenters. The normalized spacial score (nSPS) is 10.4. The third-order valence-corrected chi connectivity index (χ3v) is 3.69. The monoisotopic (exact) mass is 315 g/mol. The molecule has 4 heteroatoms. The fraction of sp³-hybridized carbons (Fsp3) is 0.571. The lowest BCUT2D eigenvalue weighted by Gasteiger charge is -2.11. The Morgan fingerprint density at radius 1 is 1.00 bits per heavy atom. The minimum atomic E-state index is 0.760. The van der Waals surface area contributed by atoms with Crippen LogP contribution < -0.4 is 15.2 Å². The average molecular weight is 316 g/mol. The Hall–Kier alpha value is -0.740. The summed E-state index contributed by atoms with van der Waals surface area (Å²) in [6.45, 7) is 0.792. The molecule has 0 saturated carbocycles. The molecule has 0 aliphatic carbocycles. The predicted octanol–water partition coefficient (Wildman–Crippen LogP) is 3.53. The van der Waals surface area contributed by atoms with E-state index in [1.54, 1.807) is 14.2 Å².